The second-order valence-electron chi connectivity index (χ2n) is 8.25. The number of aliphatic imine (C=N–C) groups is 1. The van der Waals surface area contributed by atoms with Crippen LogP contribution in [-0.2, 0) is 25.7 Å². The molecule has 2 aromatic heterocycles. The van der Waals surface area contributed by atoms with Gasteiger partial charge in [-0.25, -0.2) is 9.97 Å². The third-order valence-corrected chi connectivity index (χ3v) is 7.05. The van der Waals surface area contributed by atoms with Gasteiger partial charge in [0.15, 0.2) is 5.82 Å². The van der Waals surface area contributed by atoms with Gasteiger partial charge < -0.3 is 0 Å². The average molecular weight is 457 g/mol. The number of hydrogen-bond donors (Lipinski definition) is 0. The summed E-state index contributed by atoms with van der Waals surface area (Å²) in [4.78, 5) is 18.5. The van der Waals surface area contributed by atoms with E-state index in [1.54, 1.807) is 23.5 Å². The molecule has 0 amide bonds. The third kappa shape index (κ3) is 4.61. The summed E-state index contributed by atoms with van der Waals surface area (Å²) >= 11 is 1.63. The second kappa shape index (κ2) is 8.75. The Morgan fingerprint density at radius 2 is 1.84 bits per heavy atom. The Bertz CT molecular complexity index is 1130. The van der Waals surface area contributed by atoms with E-state index in [-0.39, 0.29) is 0 Å². The van der Waals surface area contributed by atoms with Crippen LogP contribution in [0.3, 0.4) is 0 Å². The molecule has 3 aromatic rings. The average Bonchev–Trinajstić information content (AvgIpc) is 3.27. The number of halogens is 3. The SMILES string of the molecule is FC(F)(F)c1ccc(-c2ccc(CN3CCc4nc(C5=NCCCC5)ncc4C3)s2)cc1. The highest BCUT2D eigenvalue weighted by Gasteiger charge is 2.30. The lowest BCUT2D eigenvalue weighted by Gasteiger charge is -2.27. The predicted octanol–water partition coefficient (Wildman–Crippen LogP) is 5.76. The van der Waals surface area contributed by atoms with Crippen molar-refractivity contribution < 1.29 is 13.2 Å². The smallest absolute Gasteiger partial charge is 0.293 e. The van der Waals surface area contributed by atoms with Crippen LogP contribution in [0.2, 0.25) is 0 Å². The molecule has 0 N–H and O–H groups in total. The zero-order valence-electron chi connectivity index (χ0n) is 17.5. The largest absolute Gasteiger partial charge is 0.416 e. The van der Waals surface area contributed by atoms with E-state index in [0.717, 1.165) is 97.2 Å². The van der Waals surface area contributed by atoms with Crippen LogP contribution in [0.25, 0.3) is 10.4 Å². The van der Waals surface area contributed by atoms with E-state index in [0.29, 0.717) is 0 Å². The van der Waals surface area contributed by atoms with E-state index < -0.39 is 11.7 Å². The molecule has 0 saturated heterocycles. The summed E-state index contributed by atoms with van der Waals surface area (Å²) in [6.45, 7) is 3.40. The maximum Gasteiger partial charge on any atom is 0.416 e. The molecule has 4 heterocycles. The lowest BCUT2D eigenvalue weighted by atomic mass is 10.1. The normalized spacial score (nSPS) is 17.2. The molecule has 0 atom stereocenters. The summed E-state index contributed by atoms with van der Waals surface area (Å²) in [6, 6.07) is 9.42. The molecule has 0 bridgehead atoms. The Morgan fingerprint density at radius 1 is 1.00 bits per heavy atom. The van der Waals surface area contributed by atoms with Gasteiger partial charge in [-0.15, -0.1) is 11.3 Å². The molecule has 0 aliphatic carbocycles. The highest BCUT2D eigenvalue weighted by Crippen LogP contribution is 2.34. The van der Waals surface area contributed by atoms with Crippen LogP contribution in [0.1, 0.15) is 46.8 Å². The van der Waals surface area contributed by atoms with Crippen LogP contribution in [0.15, 0.2) is 47.6 Å². The number of thiophene rings is 1. The van der Waals surface area contributed by atoms with Gasteiger partial charge in [0.05, 0.1) is 17.0 Å². The third-order valence-electron chi connectivity index (χ3n) is 5.93. The Balaban J connectivity index is 1.25. The van der Waals surface area contributed by atoms with Crippen molar-refractivity contribution in [3.63, 3.8) is 0 Å². The van der Waals surface area contributed by atoms with E-state index in [9.17, 15) is 13.2 Å². The molecule has 2 aliphatic heterocycles. The molecule has 4 nitrogen and oxygen atoms in total. The Morgan fingerprint density at radius 3 is 2.59 bits per heavy atom. The fraction of sp³-hybridized carbons (Fsp3) is 0.375. The van der Waals surface area contributed by atoms with Gasteiger partial charge in [0, 0.05) is 54.1 Å². The zero-order valence-corrected chi connectivity index (χ0v) is 18.3. The first-order valence-electron chi connectivity index (χ1n) is 10.8. The lowest BCUT2D eigenvalue weighted by molar-refractivity contribution is -0.137. The molecular weight excluding hydrogens is 433 g/mol. The number of aromatic nitrogens is 2. The maximum atomic E-state index is 12.8. The van der Waals surface area contributed by atoms with E-state index in [4.69, 9.17) is 4.98 Å². The molecule has 0 fully saturated rings. The second-order valence-corrected chi connectivity index (χ2v) is 9.42. The Kier molecular flexibility index (Phi) is 5.82. The van der Waals surface area contributed by atoms with Crippen molar-refractivity contribution in [2.24, 2.45) is 4.99 Å². The van der Waals surface area contributed by atoms with Gasteiger partial charge in [-0.05, 0) is 49.1 Å². The summed E-state index contributed by atoms with van der Waals surface area (Å²) in [5.41, 5.74) is 3.51. The highest BCUT2D eigenvalue weighted by atomic mass is 32.1. The molecule has 32 heavy (non-hydrogen) atoms. The van der Waals surface area contributed by atoms with Gasteiger partial charge in [-0.3, -0.25) is 9.89 Å². The van der Waals surface area contributed by atoms with Gasteiger partial charge >= 0.3 is 6.18 Å². The number of nitrogens with zero attached hydrogens (tertiary/aromatic N) is 4. The fourth-order valence-corrected chi connectivity index (χ4v) is 5.25. The fourth-order valence-electron chi connectivity index (χ4n) is 4.19. The van der Waals surface area contributed by atoms with Gasteiger partial charge in [0.1, 0.15) is 0 Å². The molecule has 0 spiro atoms. The van der Waals surface area contributed by atoms with Crippen molar-refractivity contribution in [3.05, 3.63) is 70.1 Å². The number of alkyl halides is 3. The van der Waals surface area contributed by atoms with Crippen LogP contribution in [0.5, 0.6) is 0 Å². The van der Waals surface area contributed by atoms with Crippen molar-refractivity contribution in [1.82, 2.24) is 14.9 Å². The summed E-state index contributed by atoms with van der Waals surface area (Å²) in [6.07, 6.45) is 1.79. The minimum Gasteiger partial charge on any atom is -0.293 e. The van der Waals surface area contributed by atoms with Crippen molar-refractivity contribution in [1.29, 1.82) is 0 Å². The van der Waals surface area contributed by atoms with Crippen LogP contribution in [0, 0.1) is 0 Å². The van der Waals surface area contributed by atoms with Gasteiger partial charge in [-0.1, -0.05) is 12.1 Å². The van der Waals surface area contributed by atoms with E-state index >= 15 is 0 Å². The lowest BCUT2D eigenvalue weighted by Crippen LogP contribution is -2.31. The molecule has 5 rings (SSSR count). The minimum absolute atomic E-state index is 0.619. The maximum absolute atomic E-state index is 12.8. The monoisotopic (exact) mass is 456 g/mol. The summed E-state index contributed by atoms with van der Waals surface area (Å²) in [5.74, 6) is 0.788. The molecule has 8 heteroatoms. The number of fused-ring (bicyclic) bond motifs is 1. The van der Waals surface area contributed by atoms with Gasteiger partial charge in [0.25, 0.3) is 0 Å². The minimum atomic E-state index is -4.31. The van der Waals surface area contributed by atoms with Crippen LogP contribution < -0.4 is 0 Å². The first-order valence-corrected chi connectivity index (χ1v) is 11.6. The zero-order chi connectivity index (χ0) is 22.1. The summed E-state index contributed by atoms with van der Waals surface area (Å²) < 4.78 is 38.4. The molecule has 0 saturated carbocycles. The molecule has 1 aromatic carbocycles. The van der Waals surface area contributed by atoms with Crippen molar-refractivity contribution in [2.75, 3.05) is 13.1 Å². The van der Waals surface area contributed by atoms with Crippen LogP contribution in [0.4, 0.5) is 13.2 Å². The summed E-state index contributed by atoms with van der Waals surface area (Å²) in [5, 5.41) is 0. The van der Waals surface area contributed by atoms with Crippen molar-refractivity contribution in [3.8, 4) is 10.4 Å². The van der Waals surface area contributed by atoms with Crippen molar-refractivity contribution in [2.45, 2.75) is 44.9 Å². The topological polar surface area (TPSA) is 41.4 Å². The van der Waals surface area contributed by atoms with Gasteiger partial charge in [-0.2, -0.15) is 13.2 Å². The number of rotatable bonds is 4. The van der Waals surface area contributed by atoms with E-state index in [1.165, 1.54) is 4.88 Å². The van der Waals surface area contributed by atoms with Crippen molar-refractivity contribution >= 4 is 17.0 Å². The van der Waals surface area contributed by atoms with E-state index in [2.05, 4.69) is 20.9 Å². The van der Waals surface area contributed by atoms with Crippen LogP contribution >= 0.6 is 11.3 Å². The Hall–Kier alpha value is -2.58. The molecule has 166 valence electrons. The quantitative estimate of drug-likeness (QED) is 0.502. The molecule has 0 unspecified atom stereocenters. The summed E-state index contributed by atoms with van der Waals surface area (Å²) in [7, 11) is 0. The van der Waals surface area contributed by atoms with Gasteiger partial charge in [0.2, 0.25) is 0 Å². The number of benzene rings is 1. The first kappa shape index (κ1) is 21.3. The number of hydrogen-bond acceptors (Lipinski definition) is 5. The molecular formula is C24H23F3N4S. The molecule has 0 radical (unpaired) electrons. The van der Waals surface area contributed by atoms with Crippen LogP contribution in [-0.4, -0.2) is 33.7 Å². The molecule has 2 aliphatic rings. The highest BCUT2D eigenvalue weighted by molar-refractivity contribution is 7.15. The standard InChI is InChI=1S/C24H23F3N4S/c25-24(26,27)18-6-4-16(5-7-18)22-9-8-19(32-22)15-31-12-10-20-17(14-31)13-29-23(30-20)21-3-1-2-11-28-21/h4-9,13H,1-3,10-12,14-15H2. The predicted molar refractivity (Wildman–Crippen MR) is 120 cm³/mol. The Labute approximate surface area is 188 Å². The van der Waals surface area contributed by atoms with E-state index in [1.807, 2.05) is 12.3 Å². The first-order chi connectivity index (χ1) is 15.5.